The van der Waals surface area contributed by atoms with Crippen LogP contribution < -0.4 is 5.43 Å². The summed E-state index contributed by atoms with van der Waals surface area (Å²) in [6.07, 6.45) is 3.51. The molecule has 1 aromatic heterocycles. The van der Waals surface area contributed by atoms with Crippen LogP contribution in [0.15, 0.2) is 84.1 Å². The van der Waals surface area contributed by atoms with Crippen LogP contribution in [-0.2, 0) is 6.54 Å². The number of rotatable bonds is 5. The number of para-hydroxylation sites is 2. The number of hydrogen-bond donors (Lipinski definition) is 2. The molecule has 0 bridgehead atoms. The first-order valence-corrected chi connectivity index (χ1v) is 9.05. The molecule has 0 aliphatic rings. The molecule has 144 valence electrons. The van der Waals surface area contributed by atoms with Crippen molar-refractivity contribution < 1.29 is 14.3 Å². The largest absolute Gasteiger partial charge is 0.507 e. The minimum atomic E-state index is -0.491. The van der Waals surface area contributed by atoms with Crippen molar-refractivity contribution in [2.45, 2.75) is 6.54 Å². The maximum absolute atomic E-state index is 13.2. The van der Waals surface area contributed by atoms with Gasteiger partial charge in [-0.05, 0) is 35.9 Å². The summed E-state index contributed by atoms with van der Waals surface area (Å²) in [5.74, 6) is -0.857. The number of hydrogen-bond acceptors (Lipinski definition) is 3. The molecule has 5 nitrogen and oxygen atoms in total. The average Bonchev–Trinajstić information content (AvgIpc) is 3.08. The number of amides is 1. The molecule has 1 heterocycles. The van der Waals surface area contributed by atoms with Crippen molar-refractivity contribution in [3.05, 3.63) is 102 Å². The van der Waals surface area contributed by atoms with Gasteiger partial charge in [0.15, 0.2) is 0 Å². The van der Waals surface area contributed by atoms with Gasteiger partial charge in [-0.1, -0.05) is 42.5 Å². The Bertz CT molecular complexity index is 1200. The molecule has 0 spiro atoms. The Morgan fingerprint density at radius 1 is 1.03 bits per heavy atom. The number of benzene rings is 3. The lowest BCUT2D eigenvalue weighted by atomic mass is 10.2. The molecule has 1 amide bonds. The van der Waals surface area contributed by atoms with Crippen LogP contribution in [0.1, 0.15) is 21.5 Å². The zero-order chi connectivity index (χ0) is 20.2. The molecular formula is C23H18FN3O2. The quantitative estimate of drug-likeness (QED) is 0.396. The van der Waals surface area contributed by atoms with Gasteiger partial charge in [-0.3, -0.25) is 4.79 Å². The summed E-state index contributed by atoms with van der Waals surface area (Å²) in [7, 11) is 0. The van der Waals surface area contributed by atoms with E-state index in [1.165, 1.54) is 24.3 Å². The number of nitrogens with zero attached hydrogens (tertiary/aromatic N) is 2. The Kier molecular flexibility index (Phi) is 5.07. The molecule has 4 aromatic rings. The third-order valence-corrected chi connectivity index (χ3v) is 4.60. The van der Waals surface area contributed by atoms with Crippen molar-refractivity contribution >= 4 is 23.0 Å². The number of phenols is 1. The summed E-state index contributed by atoms with van der Waals surface area (Å²) in [5, 5.41) is 14.8. The Balaban J connectivity index is 1.57. The van der Waals surface area contributed by atoms with Gasteiger partial charge in [-0.15, -0.1) is 0 Å². The van der Waals surface area contributed by atoms with Gasteiger partial charge in [0.25, 0.3) is 5.91 Å². The van der Waals surface area contributed by atoms with Crippen LogP contribution >= 0.6 is 0 Å². The molecule has 0 saturated heterocycles. The average molecular weight is 387 g/mol. The molecule has 0 aliphatic heterocycles. The lowest BCUT2D eigenvalue weighted by molar-refractivity contribution is 0.0952. The fourth-order valence-electron chi connectivity index (χ4n) is 3.18. The summed E-state index contributed by atoms with van der Waals surface area (Å²) in [6.45, 7) is 0.582. The van der Waals surface area contributed by atoms with E-state index in [-0.39, 0.29) is 17.1 Å². The molecule has 3 aromatic carbocycles. The number of aromatic nitrogens is 1. The van der Waals surface area contributed by atoms with Gasteiger partial charge in [0.05, 0.1) is 11.8 Å². The SMILES string of the molecule is O=C(NN=Cc1cn(Cc2ccc(F)cc2)c2ccccc12)c1ccccc1O. The second-order valence-electron chi connectivity index (χ2n) is 6.57. The van der Waals surface area contributed by atoms with E-state index in [1.54, 1.807) is 30.5 Å². The van der Waals surface area contributed by atoms with Gasteiger partial charge in [0.1, 0.15) is 11.6 Å². The normalized spacial score (nSPS) is 11.2. The Labute approximate surface area is 166 Å². The number of carbonyl (C=O) groups is 1. The molecule has 0 aliphatic carbocycles. The number of carbonyl (C=O) groups excluding carboxylic acids is 1. The highest BCUT2D eigenvalue weighted by Gasteiger charge is 2.10. The van der Waals surface area contributed by atoms with E-state index < -0.39 is 5.91 Å². The van der Waals surface area contributed by atoms with Crippen LogP contribution in [0, 0.1) is 5.82 Å². The van der Waals surface area contributed by atoms with E-state index in [1.807, 2.05) is 30.5 Å². The Morgan fingerprint density at radius 3 is 2.55 bits per heavy atom. The number of fused-ring (bicyclic) bond motifs is 1. The fraction of sp³-hybridized carbons (Fsp3) is 0.0435. The number of phenolic OH excluding ortho intramolecular Hbond substituents is 1. The van der Waals surface area contributed by atoms with Crippen molar-refractivity contribution in [1.29, 1.82) is 0 Å². The lowest BCUT2D eigenvalue weighted by Crippen LogP contribution is -2.17. The number of halogens is 1. The van der Waals surface area contributed by atoms with Gasteiger partial charge in [-0.2, -0.15) is 5.10 Å². The lowest BCUT2D eigenvalue weighted by Gasteiger charge is -2.05. The highest BCUT2D eigenvalue weighted by atomic mass is 19.1. The maximum Gasteiger partial charge on any atom is 0.275 e. The Morgan fingerprint density at radius 2 is 1.76 bits per heavy atom. The summed E-state index contributed by atoms with van der Waals surface area (Å²) < 4.78 is 15.2. The zero-order valence-electron chi connectivity index (χ0n) is 15.4. The van der Waals surface area contributed by atoms with Gasteiger partial charge < -0.3 is 9.67 Å². The predicted octanol–water partition coefficient (Wildman–Crippen LogP) is 4.30. The first-order chi connectivity index (χ1) is 14.1. The fourth-order valence-corrected chi connectivity index (χ4v) is 3.18. The molecule has 2 N–H and O–H groups in total. The Hall–Kier alpha value is -3.93. The summed E-state index contributed by atoms with van der Waals surface area (Å²) >= 11 is 0. The monoisotopic (exact) mass is 387 g/mol. The van der Waals surface area contributed by atoms with E-state index in [0.717, 1.165) is 22.0 Å². The summed E-state index contributed by atoms with van der Waals surface area (Å²) in [5.41, 5.74) is 5.41. The van der Waals surface area contributed by atoms with Crippen molar-refractivity contribution in [3.8, 4) is 5.75 Å². The highest BCUT2D eigenvalue weighted by Crippen LogP contribution is 2.21. The van der Waals surface area contributed by atoms with Crippen LogP contribution in [0.3, 0.4) is 0 Å². The summed E-state index contributed by atoms with van der Waals surface area (Å²) in [4.78, 5) is 12.2. The van der Waals surface area contributed by atoms with E-state index in [2.05, 4.69) is 15.1 Å². The molecular weight excluding hydrogens is 369 g/mol. The van der Waals surface area contributed by atoms with Gasteiger partial charge in [-0.25, -0.2) is 9.82 Å². The number of nitrogens with one attached hydrogen (secondary N) is 1. The van der Waals surface area contributed by atoms with Crippen LogP contribution in [0.5, 0.6) is 5.75 Å². The van der Waals surface area contributed by atoms with Crippen molar-refractivity contribution in [3.63, 3.8) is 0 Å². The smallest absolute Gasteiger partial charge is 0.275 e. The van der Waals surface area contributed by atoms with Gasteiger partial charge in [0.2, 0.25) is 0 Å². The molecule has 4 rings (SSSR count). The third kappa shape index (κ3) is 4.01. The molecule has 29 heavy (non-hydrogen) atoms. The summed E-state index contributed by atoms with van der Waals surface area (Å²) in [6, 6.07) is 20.5. The van der Waals surface area contributed by atoms with Crippen LogP contribution in [0.25, 0.3) is 10.9 Å². The van der Waals surface area contributed by atoms with Crippen LogP contribution in [0.4, 0.5) is 4.39 Å². The molecule has 6 heteroatoms. The zero-order valence-corrected chi connectivity index (χ0v) is 15.4. The molecule has 0 unspecified atom stereocenters. The standard InChI is InChI=1S/C23H18FN3O2/c24-18-11-9-16(10-12-18)14-27-15-17(19-5-1-3-7-21(19)27)13-25-26-23(29)20-6-2-4-8-22(20)28/h1-13,15,28H,14H2,(H,26,29). The molecule has 0 radical (unpaired) electrons. The third-order valence-electron chi connectivity index (χ3n) is 4.60. The molecule has 0 fully saturated rings. The minimum Gasteiger partial charge on any atom is -0.507 e. The van der Waals surface area contributed by atoms with E-state index in [4.69, 9.17) is 0 Å². The maximum atomic E-state index is 13.2. The first-order valence-electron chi connectivity index (χ1n) is 9.05. The number of aromatic hydroxyl groups is 1. The van der Waals surface area contributed by atoms with Crippen molar-refractivity contribution in [1.82, 2.24) is 9.99 Å². The molecule has 0 saturated carbocycles. The van der Waals surface area contributed by atoms with Gasteiger partial charge >= 0.3 is 0 Å². The van der Waals surface area contributed by atoms with Crippen LogP contribution in [-0.4, -0.2) is 21.8 Å². The van der Waals surface area contributed by atoms with Gasteiger partial charge in [0, 0.05) is 29.2 Å². The topological polar surface area (TPSA) is 66.6 Å². The van der Waals surface area contributed by atoms with E-state index in [9.17, 15) is 14.3 Å². The predicted molar refractivity (Wildman–Crippen MR) is 111 cm³/mol. The van der Waals surface area contributed by atoms with Crippen molar-refractivity contribution in [2.75, 3.05) is 0 Å². The first kappa shape index (κ1) is 18.4. The van der Waals surface area contributed by atoms with Crippen LogP contribution in [0.2, 0.25) is 0 Å². The number of hydrazone groups is 1. The van der Waals surface area contributed by atoms with E-state index in [0.29, 0.717) is 6.54 Å². The second-order valence-corrected chi connectivity index (χ2v) is 6.57. The highest BCUT2D eigenvalue weighted by molar-refractivity contribution is 6.01. The van der Waals surface area contributed by atoms with E-state index >= 15 is 0 Å². The van der Waals surface area contributed by atoms with Crippen molar-refractivity contribution in [2.24, 2.45) is 5.10 Å². The second kappa shape index (κ2) is 7.98. The minimum absolute atomic E-state index is 0.101. The molecule has 0 atom stereocenters.